The lowest BCUT2D eigenvalue weighted by Gasteiger charge is -2.19. The first kappa shape index (κ1) is 22.4. The fourth-order valence-electron chi connectivity index (χ4n) is 3.13. The second-order valence-corrected chi connectivity index (χ2v) is 6.91. The molecule has 166 valence electrons. The Hall–Kier alpha value is -3.24. The summed E-state index contributed by atoms with van der Waals surface area (Å²) in [6.45, 7) is 3.34. The Morgan fingerprint density at radius 3 is 2.13 bits per heavy atom. The van der Waals surface area contributed by atoms with Gasteiger partial charge in [0.05, 0.1) is 23.1 Å². The summed E-state index contributed by atoms with van der Waals surface area (Å²) in [6, 6.07) is 5.10. The highest BCUT2D eigenvalue weighted by molar-refractivity contribution is 5.94. The maximum Gasteiger partial charge on any atom is 0.416 e. The third-order valence-corrected chi connectivity index (χ3v) is 4.52. The van der Waals surface area contributed by atoms with Gasteiger partial charge in [0.1, 0.15) is 11.8 Å². The molecule has 0 spiro atoms. The lowest BCUT2D eigenvalue weighted by Crippen LogP contribution is -2.32. The van der Waals surface area contributed by atoms with E-state index in [1.165, 1.54) is 6.26 Å². The van der Waals surface area contributed by atoms with E-state index in [0.29, 0.717) is 23.6 Å². The molecule has 1 N–H and O–H groups in total. The van der Waals surface area contributed by atoms with Gasteiger partial charge in [-0.05, 0) is 50.2 Å². The third kappa shape index (κ3) is 5.09. The van der Waals surface area contributed by atoms with Gasteiger partial charge in [-0.3, -0.25) is 9.48 Å². The number of halogens is 6. The number of aromatic nitrogens is 2. The minimum Gasteiger partial charge on any atom is -0.467 e. The van der Waals surface area contributed by atoms with Crippen molar-refractivity contribution in [3.05, 3.63) is 76.5 Å². The molecular weight excluding hydrogens is 428 g/mol. The summed E-state index contributed by atoms with van der Waals surface area (Å²) in [5.41, 5.74) is -2.46. The van der Waals surface area contributed by atoms with Crippen molar-refractivity contribution in [1.29, 1.82) is 0 Å². The number of rotatable bonds is 5. The average molecular weight is 445 g/mol. The van der Waals surface area contributed by atoms with Gasteiger partial charge in [0.25, 0.3) is 5.91 Å². The Kier molecular flexibility index (Phi) is 5.88. The Balaban J connectivity index is 1.90. The maximum absolute atomic E-state index is 13.0. The zero-order valence-electron chi connectivity index (χ0n) is 16.3. The van der Waals surface area contributed by atoms with E-state index in [4.69, 9.17) is 4.42 Å². The highest BCUT2D eigenvalue weighted by Gasteiger charge is 2.37. The van der Waals surface area contributed by atoms with Crippen molar-refractivity contribution in [2.45, 2.75) is 32.2 Å². The number of nitrogens with one attached hydrogen (secondary N) is 1. The molecule has 0 aliphatic rings. The van der Waals surface area contributed by atoms with E-state index in [2.05, 4.69) is 10.4 Å². The number of alkyl halides is 6. The molecule has 1 atom stereocenters. The van der Waals surface area contributed by atoms with Crippen molar-refractivity contribution >= 4 is 5.91 Å². The number of aryl methyl sites for hydroxylation is 2. The number of benzene rings is 1. The second-order valence-electron chi connectivity index (χ2n) is 6.91. The van der Waals surface area contributed by atoms with E-state index < -0.39 is 41.0 Å². The van der Waals surface area contributed by atoms with Gasteiger partial charge in [-0.1, -0.05) is 0 Å². The van der Waals surface area contributed by atoms with Crippen LogP contribution >= 0.6 is 0 Å². The largest absolute Gasteiger partial charge is 0.467 e. The summed E-state index contributed by atoms with van der Waals surface area (Å²) in [6.07, 6.45) is -8.69. The molecule has 3 rings (SSSR count). The minimum absolute atomic E-state index is 0.0295. The van der Waals surface area contributed by atoms with Gasteiger partial charge in [-0.15, -0.1) is 0 Å². The van der Waals surface area contributed by atoms with E-state index in [1.54, 1.807) is 36.7 Å². The molecule has 31 heavy (non-hydrogen) atoms. The first-order valence-corrected chi connectivity index (χ1v) is 9.00. The molecule has 0 bridgehead atoms. The van der Waals surface area contributed by atoms with Crippen molar-refractivity contribution in [3.8, 4) is 0 Å². The summed E-state index contributed by atoms with van der Waals surface area (Å²) in [5, 5.41) is 6.70. The number of hydrogen-bond donors (Lipinski definition) is 1. The summed E-state index contributed by atoms with van der Waals surface area (Å²) >= 11 is 0. The van der Waals surface area contributed by atoms with Gasteiger partial charge in [-0.25, -0.2) is 0 Å². The van der Waals surface area contributed by atoms with Crippen LogP contribution < -0.4 is 5.32 Å². The van der Waals surface area contributed by atoms with Crippen molar-refractivity contribution in [2.75, 3.05) is 6.54 Å². The minimum atomic E-state index is -5.04. The Morgan fingerprint density at radius 1 is 1.06 bits per heavy atom. The van der Waals surface area contributed by atoms with Crippen molar-refractivity contribution < 1.29 is 35.6 Å². The molecule has 1 aromatic carbocycles. The quantitative estimate of drug-likeness (QED) is 0.553. The molecule has 1 amide bonds. The molecule has 11 heteroatoms. The van der Waals surface area contributed by atoms with Gasteiger partial charge in [-0.2, -0.15) is 31.4 Å². The van der Waals surface area contributed by atoms with Gasteiger partial charge in [0.2, 0.25) is 0 Å². The van der Waals surface area contributed by atoms with Crippen LogP contribution in [0.5, 0.6) is 0 Å². The monoisotopic (exact) mass is 445 g/mol. The number of hydrogen-bond acceptors (Lipinski definition) is 3. The highest BCUT2D eigenvalue weighted by Crippen LogP contribution is 2.36. The molecule has 0 fully saturated rings. The number of nitrogens with zero attached hydrogens (tertiary/aromatic N) is 2. The van der Waals surface area contributed by atoms with Crippen LogP contribution in [0, 0.1) is 13.8 Å². The van der Waals surface area contributed by atoms with Crippen molar-refractivity contribution in [3.63, 3.8) is 0 Å². The zero-order chi connectivity index (χ0) is 23.0. The third-order valence-electron chi connectivity index (χ3n) is 4.52. The SMILES string of the molecule is Cc1cc(C)n(C(CNC(=O)c2cc(C(F)(F)F)cc(C(F)(F)F)c2)c2ccco2)n1. The predicted molar refractivity (Wildman–Crippen MR) is 97.3 cm³/mol. The maximum atomic E-state index is 13.0. The lowest BCUT2D eigenvalue weighted by atomic mass is 10.0. The smallest absolute Gasteiger partial charge is 0.416 e. The molecular formula is C20H17F6N3O2. The zero-order valence-corrected chi connectivity index (χ0v) is 16.3. The average Bonchev–Trinajstić information content (AvgIpc) is 3.30. The van der Waals surface area contributed by atoms with Gasteiger partial charge >= 0.3 is 12.4 Å². The Bertz CT molecular complexity index is 1040. The van der Waals surface area contributed by atoms with Crippen LogP contribution in [0.25, 0.3) is 0 Å². The normalized spacial score (nSPS) is 13.3. The van der Waals surface area contributed by atoms with Gasteiger partial charge in [0, 0.05) is 17.8 Å². The molecule has 0 radical (unpaired) electrons. The molecule has 0 aliphatic heterocycles. The topological polar surface area (TPSA) is 60.1 Å². The number of furan rings is 1. The molecule has 0 saturated carbocycles. The molecule has 2 aromatic heterocycles. The van der Waals surface area contributed by atoms with E-state index in [0.717, 1.165) is 5.69 Å². The Labute approximate surface area is 172 Å². The van der Waals surface area contributed by atoms with Crippen LogP contribution in [-0.4, -0.2) is 22.2 Å². The first-order chi connectivity index (χ1) is 14.4. The molecule has 1 unspecified atom stereocenters. The molecule has 5 nitrogen and oxygen atoms in total. The van der Waals surface area contributed by atoms with Crippen LogP contribution in [0.4, 0.5) is 26.3 Å². The lowest BCUT2D eigenvalue weighted by molar-refractivity contribution is -0.143. The van der Waals surface area contributed by atoms with Gasteiger partial charge in [0.15, 0.2) is 0 Å². The molecule has 3 aromatic rings. The fourth-order valence-corrected chi connectivity index (χ4v) is 3.13. The number of carbonyl (C=O) groups is 1. The van der Waals surface area contributed by atoms with E-state index in [9.17, 15) is 31.1 Å². The molecule has 0 aliphatic carbocycles. The highest BCUT2D eigenvalue weighted by atomic mass is 19.4. The van der Waals surface area contributed by atoms with Crippen LogP contribution in [0.3, 0.4) is 0 Å². The van der Waals surface area contributed by atoms with Crippen molar-refractivity contribution in [1.82, 2.24) is 15.1 Å². The van der Waals surface area contributed by atoms with Crippen LogP contribution in [0.2, 0.25) is 0 Å². The van der Waals surface area contributed by atoms with Crippen LogP contribution in [-0.2, 0) is 12.4 Å². The summed E-state index contributed by atoms with van der Waals surface area (Å²) in [7, 11) is 0. The number of carbonyl (C=O) groups excluding carboxylic acids is 1. The molecule has 0 saturated heterocycles. The van der Waals surface area contributed by atoms with Gasteiger partial charge < -0.3 is 9.73 Å². The predicted octanol–water partition coefficient (Wildman–Crippen LogP) is 5.15. The summed E-state index contributed by atoms with van der Waals surface area (Å²) in [4.78, 5) is 12.5. The second kappa shape index (κ2) is 8.12. The molecule has 2 heterocycles. The fraction of sp³-hybridized carbons (Fsp3) is 0.300. The van der Waals surface area contributed by atoms with Crippen LogP contribution in [0.15, 0.2) is 47.1 Å². The van der Waals surface area contributed by atoms with E-state index in [1.807, 2.05) is 0 Å². The number of amides is 1. The van der Waals surface area contributed by atoms with E-state index in [-0.39, 0.29) is 12.6 Å². The summed E-state index contributed by atoms with van der Waals surface area (Å²) in [5.74, 6) is -0.679. The van der Waals surface area contributed by atoms with E-state index >= 15 is 0 Å². The van der Waals surface area contributed by atoms with Crippen LogP contribution in [0.1, 0.15) is 44.7 Å². The Morgan fingerprint density at radius 2 is 1.68 bits per heavy atom. The first-order valence-electron chi connectivity index (χ1n) is 9.00. The van der Waals surface area contributed by atoms with Crippen molar-refractivity contribution in [2.24, 2.45) is 0 Å². The standard InChI is InChI=1S/C20H17F6N3O2/c1-11-6-12(2)29(28-11)16(17-4-3-5-31-17)10-27-18(30)13-7-14(19(21,22)23)9-15(8-13)20(24,25)26/h3-9,16H,10H2,1-2H3,(H,27,30). The summed E-state index contributed by atoms with van der Waals surface area (Å²) < 4.78 is 85.2.